The first kappa shape index (κ1) is 11.3. The molecule has 0 radical (unpaired) electrons. The van der Waals surface area contributed by atoms with Crippen molar-refractivity contribution in [2.75, 3.05) is 6.61 Å². The Morgan fingerprint density at radius 2 is 2.33 bits per heavy atom. The van der Waals surface area contributed by atoms with E-state index in [0.29, 0.717) is 0 Å². The molecule has 0 saturated carbocycles. The minimum absolute atomic E-state index is 0.201. The van der Waals surface area contributed by atoms with Crippen molar-refractivity contribution in [3.63, 3.8) is 0 Å². The van der Waals surface area contributed by atoms with Crippen LogP contribution in [0.1, 0.15) is 24.5 Å². The minimum Gasteiger partial charge on any atom is -0.493 e. The maximum atomic E-state index is 6.18. The first-order chi connectivity index (χ1) is 7.20. The zero-order chi connectivity index (χ0) is 10.8. The van der Waals surface area contributed by atoms with Gasteiger partial charge >= 0.3 is 0 Å². The summed E-state index contributed by atoms with van der Waals surface area (Å²) < 4.78 is 6.78. The number of rotatable bonds is 3. The quantitative estimate of drug-likeness (QED) is 0.766. The number of hydrogen-bond acceptors (Lipinski definition) is 1. The van der Waals surface area contributed by atoms with Gasteiger partial charge in [0.15, 0.2) is 0 Å². The van der Waals surface area contributed by atoms with Gasteiger partial charge in [0.05, 0.1) is 6.61 Å². The van der Waals surface area contributed by atoms with Gasteiger partial charge in [0.1, 0.15) is 5.75 Å². The highest BCUT2D eigenvalue weighted by Crippen LogP contribution is 2.34. The smallest absolute Gasteiger partial charge is 0.125 e. The zero-order valence-corrected chi connectivity index (χ0v) is 11.1. The van der Waals surface area contributed by atoms with Crippen LogP contribution in [-0.2, 0) is 12.8 Å². The van der Waals surface area contributed by atoms with Gasteiger partial charge in [0.2, 0.25) is 0 Å². The molecule has 1 unspecified atom stereocenters. The topological polar surface area (TPSA) is 9.23 Å². The standard InChI is InChI=1S/C12H14BrClO/c1-2-11(14)7-9-6-10(13)5-8-3-4-15-12(8)9/h5-6,11H,2-4,7H2,1H3. The third kappa shape index (κ3) is 2.48. The first-order valence-corrected chi connectivity index (χ1v) is 6.51. The molecule has 1 aromatic carbocycles. The summed E-state index contributed by atoms with van der Waals surface area (Å²) in [7, 11) is 0. The van der Waals surface area contributed by atoms with E-state index in [1.54, 1.807) is 0 Å². The molecule has 2 rings (SSSR count). The fourth-order valence-electron chi connectivity index (χ4n) is 1.88. The van der Waals surface area contributed by atoms with E-state index in [2.05, 4.69) is 35.0 Å². The monoisotopic (exact) mass is 288 g/mol. The van der Waals surface area contributed by atoms with Gasteiger partial charge in [-0.2, -0.15) is 0 Å². The largest absolute Gasteiger partial charge is 0.493 e. The molecular weight excluding hydrogens is 275 g/mol. The van der Waals surface area contributed by atoms with E-state index < -0.39 is 0 Å². The third-order valence-corrected chi connectivity index (χ3v) is 3.63. The average molecular weight is 290 g/mol. The second-order valence-electron chi connectivity index (χ2n) is 3.86. The van der Waals surface area contributed by atoms with Crippen LogP contribution in [0.3, 0.4) is 0 Å². The van der Waals surface area contributed by atoms with Crippen LogP contribution in [-0.4, -0.2) is 12.0 Å². The van der Waals surface area contributed by atoms with E-state index in [1.807, 2.05) is 0 Å². The molecule has 1 atom stereocenters. The number of halogens is 2. The summed E-state index contributed by atoms with van der Waals surface area (Å²) in [5.74, 6) is 1.07. The van der Waals surface area contributed by atoms with E-state index >= 15 is 0 Å². The van der Waals surface area contributed by atoms with Crippen LogP contribution in [0.15, 0.2) is 16.6 Å². The molecule has 0 N–H and O–H groups in total. The number of alkyl halides is 1. The summed E-state index contributed by atoms with van der Waals surface area (Å²) >= 11 is 9.71. The van der Waals surface area contributed by atoms with Gasteiger partial charge in [-0.25, -0.2) is 0 Å². The zero-order valence-electron chi connectivity index (χ0n) is 8.72. The lowest BCUT2D eigenvalue weighted by Crippen LogP contribution is -2.03. The van der Waals surface area contributed by atoms with E-state index in [0.717, 1.165) is 36.1 Å². The molecule has 0 aliphatic carbocycles. The lowest BCUT2D eigenvalue weighted by atomic mass is 10.0. The summed E-state index contributed by atoms with van der Waals surface area (Å²) in [6.07, 6.45) is 2.89. The number of hydrogen-bond donors (Lipinski definition) is 0. The van der Waals surface area contributed by atoms with Crippen LogP contribution in [0, 0.1) is 0 Å². The highest BCUT2D eigenvalue weighted by atomic mass is 79.9. The fraction of sp³-hybridized carbons (Fsp3) is 0.500. The van der Waals surface area contributed by atoms with E-state index in [9.17, 15) is 0 Å². The maximum absolute atomic E-state index is 6.18. The molecule has 0 fully saturated rings. The van der Waals surface area contributed by atoms with Crippen molar-refractivity contribution in [3.05, 3.63) is 27.7 Å². The Balaban J connectivity index is 2.30. The second-order valence-corrected chi connectivity index (χ2v) is 5.39. The lowest BCUT2D eigenvalue weighted by Gasteiger charge is -2.11. The van der Waals surface area contributed by atoms with Crippen LogP contribution < -0.4 is 4.74 Å². The van der Waals surface area contributed by atoms with E-state index in [1.165, 1.54) is 11.1 Å². The fourth-order valence-corrected chi connectivity index (χ4v) is 2.60. The molecule has 0 bridgehead atoms. The van der Waals surface area contributed by atoms with Crippen molar-refractivity contribution in [2.45, 2.75) is 31.6 Å². The predicted octanol–water partition coefficient (Wildman–Crippen LogP) is 3.94. The molecule has 0 saturated heterocycles. The summed E-state index contributed by atoms with van der Waals surface area (Å²) in [5, 5.41) is 0.201. The van der Waals surface area contributed by atoms with Crippen LogP contribution in [0.4, 0.5) is 0 Å². The van der Waals surface area contributed by atoms with Gasteiger partial charge in [0.25, 0.3) is 0 Å². The molecular formula is C12H14BrClO. The summed E-state index contributed by atoms with van der Waals surface area (Å²) in [6.45, 7) is 2.91. The predicted molar refractivity (Wildman–Crippen MR) is 67.0 cm³/mol. The number of fused-ring (bicyclic) bond motifs is 1. The molecule has 0 amide bonds. The summed E-state index contributed by atoms with van der Waals surface area (Å²) in [5.41, 5.74) is 2.54. The van der Waals surface area contributed by atoms with Gasteiger partial charge in [-0.3, -0.25) is 0 Å². The minimum atomic E-state index is 0.201. The van der Waals surface area contributed by atoms with Crippen molar-refractivity contribution in [2.24, 2.45) is 0 Å². The Bertz CT molecular complexity index is 365. The van der Waals surface area contributed by atoms with Crippen molar-refractivity contribution in [1.82, 2.24) is 0 Å². The molecule has 1 aliphatic rings. The molecule has 15 heavy (non-hydrogen) atoms. The Labute approximate surface area is 104 Å². The lowest BCUT2D eigenvalue weighted by molar-refractivity contribution is 0.353. The highest BCUT2D eigenvalue weighted by Gasteiger charge is 2.18. The van der Waals surface area contributed by atoms with Gasteiger partial charge in [-0.05, 0) is 36.1 Å². The Hall–Kier alpha value is -0.210. The van der Waals surface area contributed by atoms with Gasteiger partial charge in [-0.1, -0.05) is 22.9 Å². The van der Waals surface area contributed by atoms with Crippen LogP contribution >= 0.6 is 27.5 Å². The summed E-state index contributed by atoms with van der Waals surface area (Å²) in [4.78, 5) is 0. The highest BCUT2D eigenvalue weighted by molar-refractivity contribution is 9.10. The molecule has 1 aliphatic heterocycles. The molecule has 0 aromatic heterocycles. The second kappa shape index (κ2) is 4.75. The van der Waals surface area contributed by atoms with E-state index in [-0.39, 0.29) is 5.38 Å². The van der Waals surface area contributed by atoms with Crippen LogP contribution in [0.2, 0.25) is 0 Å². The Morgan fingerprint density at radius 1 is 1.53 bits per heavy atom. The maximum Gasteiger partial charge on any atom is 0.125 e. The van der Waals surface area contributed by atoms with Crippen LogP contribution in [0.25, 0.3) is 0 Å². The number of benzene rings is 1. The third-order valence-electron chi connectivity index (χ3n) is 2.71. The van der Waals surface area contributed by atoms with E-state index in [4.69, 9.17) is 16.3 Å². The average Bonchev–Trinajstić information content (AvgIpc) is 2.65. The number of ether oxygens (including phenoxy) is 1. The molecule has 1 heterocycles. The van der Waals surface area contributed by atoms with Crippen molar-refractivity contribution >= 4 is 27.5 Å². The van der Waals surface area contributed by atoms with Crippen molar-refractivity contribution < 1.29 is 4.74 Å². The Kier molecular flexibility index (Phi) is 3.57. The van der Waals surface area contributed by atoms with Gasteiger partial charge < -0.3 is 4.74 Å². The SMILES string of the molecule is CCC(Cl)Cc1cc(Br)cc2c1OCC2. The van der Waals surface area contributed by atoms with Gasteiger partial charge in [0, 0.05) is 16.3 Å². The summed E-state index contributed by atoms with van der Waals surface area (Å²) in [6, 6.07) is 4.26. The molecule has 0 spiro atoms. The molecule has 3 heteroatoms. The van der Waals surface area contributed by atoms with Crippen LogP contribution in [0.5, 0.6) is 5.75 Å². The van der Waals surface area contributed by atoms with Gasteiger partial charge in [-0.15, -0.1) is 11.6 Å². The molecule has 82 valence electrons. The first-order valence-electron chi connectivity index (χ1n) is 5.29. The van der Waals surface area contributed by atoms with Crippen molar-refractivity contribution in [3.8, 4) is 5.75 Å². The Morgan fingerprint density at radius 3 is 3.07 bits per heavy atom. The molecule has 1 aromatic rings. The normalized spacial score (nSPS) is 15.9. The molecule has 1 nitrogen and oxygen atoms in total. The van der Waals surface area contributed by atoms with Crippen molar-refractivity contribution in [1.29, 1.82) is 0 Å².